The maximum Gasteiger partial charge on any atom is 0.177 e. The van der Waals surface area contributed by atoms with Crippen molar-refractivity contribution in [3.63, 3.8) is 0 Å². The maximum absolute atomic E-state index is 13.3. The van der Waals surface area contributed by atoms with Gasteiger partial charge in [-0.2, -0.15) is 0 Å². The van der Waals surface area contributed by atoms with Crippen LogP contribution in [0.15, 0.2) is 16.6 Å². The number of hydrogen-bond acceptors (Lipinski definition) is 1. The highest BCUT2D eigenvalue weighted by molar-refractivity contribution is 9.10. The maximum atomic E-state index is 13.3. The second kappa shape index (κ2) is 4.53. The highest BCUT2D eigenvalue weighted by Gasteiger charge is 2.16. The summed E-state index contributed by atoms with van der Waals surface area (Å²) in [5, 5.41) is 0.0237. The van der Waals surface area contributed by atoms with Gasteiger partial charge in [0.05, 0.1) is 15.9 Å². The van der Waals surface area contributed by atoms with E-state index in [-0.39, 0.29) is 21.7 Å². The normalized spacial score (nSPS) is 10.2. The first-order chi connectivity index (χ1) is 6.07. The summed E-state index contributed by atoms with van der Waals surface area (Å²) in [5.74, 6) is -1.02. The fraction of sp³-hybridized carbons (Fsp3) is 0.125. The van der Waals surface area contributed by atoms with Crippen LogP contribution in [0.4, 0.5) is 4.39 Å². The second-order valence-electron chi connectivity index (χ2n) is 2.27. The molecular formula is C8H4Br2ClFO. The van der Waals surface area contributed by atoms with E-state index in [1.807, 2.05) is 0 Å². The molecule has 0 aromatic heterocycles. The summed E-state index contributed by atoms with van der Waals surface area (Å²) in [6.07, 6.45) is 0. The van der Waals surface area contributed by atoms with Gasteiger partial charge in [-0.25, -0.2) is 4.39 Å². The molecule has 1 aromatic rings. The molecule has 1 rings (SSSR count). The lowest BCUT2D eigenvalue weighted by molar-refractivity contribution is 0.101. The number of benzene rings is 1. The van der Waals surface area contributed by atoms with E-state index in [4.69, 9.17) is 11.6 Å². The van der Waals surface area contributed by atoms with Crippen molar-refractivity contribution in [2.45, 2.75) is 0 Å². The third kappa shape index (κ3) is 2.30. The van der Waals surface area contributed by atoms with Crippen LogP contribution in [0.1, 0.15) is 10.4 Å². The highest BCUT2D eigenvalue weighted by Crippen LogP contribution is 2.26. The van der Waals surface area contributed by atoms with E-state index < -0.39 is 5.82 Å². The topological polar surface area (TPSA) is 17.1 Å². The van der Waals surface area contributed by atoms with Crippen molar-refractivity contribution in [2.24, 2.45) is 0 Å². The molecule has 0 bridgehead atoms. The number of carbonyl (C=O) groups is 1. The first-order valence-electron chi connectivity index (χ1n) is 3.30. The Morgan fingerprint density at radius 1 is 1.54 bits per heavy atom. The monoisotopic (exact) mass is 328 g/mol. The molecule has 0 N–H and O–H groups in total. The second-order valence-corrected chi connectivity index (χ2v) is 4.10. The van der Waals surface area contributed by atoms with Gasteiger partial charge in [0.25, 0.3) is 0 Å². The van der Waals surface area contributed by atoms with Crippen LogP contribution < -0.4 is 0 Å². The van der Waals surface area contributed by atoms with Crippen molar-refractivity contribution >= 4 is 49.2 Å². The predicted octanol–water partition coefficient (Wildman–Crippen LogP) is 3.82. The quantitative estimate of drug-likeness (QED) is 0.458. The number of halogens is 4. The van der Waals surface area contributed by atoms with E-state index in [0.717, 1.165) is 0 Å². The molecule has 5 heteroatoms. The van der Waals surface area contributed by atoms with E-state index in [1.165, 1.54) is 6.07 Å². The zero-order valence-electron chi connectivity index (χ0n) is 6.28. The van der Waals surface area contributed by atoms with E-state index in [0.29, 0.717) is 4.47 Å². The summed E-state index contributed by atoms with van der Waals surface area (Å²) >= 11 is 11.6. The largest absolute Gasteiger partial charge is 0.293 e. The minimum atomic E-state index is -0.680. The van der Waals surface area contributed by atoms with Crippen LogP contribution in [0.5, 0.6) is 0 Å². The first kappa shape index (κ1) is 11.1. The van der Waals surface area contributed by atoms with Gasteiger partial charge < -0.3 is 0 Å². The van der Waals surface area contributed by atoms with Crippen molar-refractivity contribution < 1.29 is 9.18 Å². The molecule has 0 fully saturated rings. The lowest BCUT2D eigenvalue weighted by Crippen LogP contribution is -2.05. The Morgan fingerprint density at radius 3 is 2.69 bits per heavy atom. The smallest absolute Gasteiger partial charge is 0.177 e. The zero-order valence-corrected chi connectivity index (χ0v) is 10.2. The van der Waals surface area contributed by atoms with Gasteiger partial charge >= 0.3 is 0 Å². The van der Waals surface area contributed by atoms with Crippen molar-refractivity contribution in [2.75, 3.05) is 5.33 Å². The lowest BCUT2D eigenvalue weighted by atomic mass is 10.1. The average molecular weight is 330 g/mol. The molecule has 0 saturated heterocycles. The Bertz CT molecular complexity index is 354. The lowest BCUT2D eigenvalue weighted by Gasteiger charge is -2.03. The molecule has 0 radical (unpaired) electrons. The van der Waals surface area contributed by atoms with Crippen LogP contribution >= 0.6 is 43.5 Å². The van der Waals surface area contributed by atoms with Crippen LogP contribution in [-0.4, -0.2) is 11.1 Å². The van der Waals surface area contributed by atoms with Gasteiger partial charge in [0.1, 0.15) is 0 Å². The molecule has 0 aliphatic heterocycles. The summed E-state index contributed by atoms with van der Waals surface area (Å²) in [7, 11) is 0. The number of alkyl halides is 1. The zero-order chi connectivity index (χ0) is 10.0. The molecule has 0 amide bonds. The van der Waals surface area contributed by atoms with Crippen LogP contribution in [0, 0.1) is 5.82 Å². The summed E-state index contributed by atoms with van der Waals surface area (Å²) in [6, 6.07) is 2.94. The summed E-state index contributed by atoms with van der Waals surface area (Å²) < 4.78 is 13.7. The van der Waals surface area contributed by atoms with Gasteiger partial charge in [-0.05, 0) is 28.1 Å². The van der Waals surface area contributed by atoms with Crippen LogP contribution in [0.2, 0.25) is 5.02 Å². The minimum absolute atomic E-state index is 0.00984. The number of carbonyl (C=O) groups excluding carboxylic acids is 1. The highest BCUT2D eigenvalue weighted by atomic mass is 79.9. The van der Waals surface area contributed by atoms with Gasteiger partial charge in [0.2, 0.25) is 0 Å². The Balaban J connectivity index is 3.33. The Kier molecular flexibility index (Phi) is 3.88. The van der Waals surface area contributed by atoms with Crippen molar-refractivity contribution in [3.05, 3.63) is 33.0 Å². The number of ketones is 1. The molecule has 0 aliphatic rings. The van der Waals surface area contributed by atoms with Gasteiger partial charge in [-0.3, -0.25) is 4.79 Å². The Hall–Kier alpha value is 0.0700. The SMILES string of the molecule is O=C(CBr)c1c(Br)ccc(Cl)c1F. The van der Waals surface area contributed by atoms with E-state index in [2.05, 4.69) is 31.9 Å². The number of hydrogen-bond donors (Lipinski definition) is 0. The fourth-order valence-electron chi connectivity index (χ4n) is 0.849. The van der Waals surface area contributed by atoms with Crippen LogP contribution in [0.3, 0.4) is 0 Å². The molecule has 1 aromatic carbocycles. The third-order valence-electron chi connectivity index (χ3n) is 1.44. The summed E-state index contributed by atoms with van der Waals surface area (Å²) in [5.41, 5.74) is -0.00984. The molecule has 1 nitrogen and oxygen atoms in total. The molecule has 0 atom stereocenters. The van der Waals surface area contributed by atoms with Gasteiger partial charge in [0, 0.05) is 4.47 Å². The first-order valence-corrected chi connectivity index (χ1v) is 5.60. The molecule has 0 unspecified atom stereocenters. The average Bonchev–Trinajstić information content (AvgIpc) is 2.12. The van der Waals surface area contributed by atoms with E-state index in [9.17, 15) is 9.18 Å². The van der Waals surface area contributed by atoms with E-state index >= 15 is 0 Å². The Morgan fingerprint density at radius 2 is 2.15 bits per heavy atom. The molecular weight excluding hydrogens is 326 g/mol. The summed E-state index contributed by atoms with van der Waals surface area (Å²) in [6.45, 7) is 0. The van der Waals surface area contributed by atoms with Gasteiger partial charge in [-0.1, -0.05) is 27.5 Å². The number of rotatable bonds is 2. The fourth-order valence-corrected chi connectivity index (χ4v) is 1.81. The third-order valence-corrected chi connectivity index (χ3v) is 2.91. The van der Waals surface area contributed by atoms with Crippen molar-refractivity contribution in [1.82, 2.24) is 0 Å². The Labute approximate surface area is 96.5 Å². The molecule has 0 spiro atoms. The van der Waals surface area contributed by atoms with Gasteiger partial charge in [-0.15, -0.1) is 0 Å². The minimum Gasteiger partial charge on any atom is -0.293 e. The summed E-state index contributed by atoms with van der Waals surface area (Å²) in [4.78, 5) is 11.2. The van der Waals surface area contributed by atoms with Crippen LogP contribution in [0.25, 0.3) is 0 Å². The predicted molar refractivity (Wildman–Crippen MR) is 57.2 cm³/mol. The molecule has 0 aliphatic carbocycles. The van der Waals surface area contributed by atoms with E-state index in [1.54, 1.807) is 6.07 Å². The molecule has 0 heterocycles. The molecule has 70 valence electrons. The standard InChI is InChI=1S/C8H4Br2ClFO/c9-3-6(13)7-4(10)1-2-5(11)8(7)12/h1-2H,3H2. The van der Waals surface area contributed by atoms with Crippen LogP contribution in [-0.2, 0) is 0 Å². The van der Waals surface area contributed by atoms with Gasteiger partial charge in [0.15, 0.2) is 11.6 Å². The molecule has 13 heavy (non-hydrogen) atoms. The van der Waals surface area contributed by atoms with Crippen molar-refractivity contribution in [3.8, 4) is 0 Å². The molecule has 0 saturated carbocycles. The number of Topliss-reactive ketones (excluding diaryl/α,β-unsaturated/α-hetero) is 1. The van der Waals surface area contributed by atoms with Crippen molar-refractivity contribution in [1.29, 1.82) is 0 Å².